The molecule has 0 saturated heterocycles. The third-order valence-corrected chi connectivity index (χ3v) is 4.58. The molecule has 1 fully saturated rings. The minimum absolute atomic E-state index is 0.0694. The Labute approximate surface area is 171 Å². The Balaban J connectivity index is 0.000000269. The molecule has 0 heterocycles. The predicted octanol–water partition coefficient (Wildman–Crippen LogP) is 4.52. The van der Waals surface area contributed by atoms with Crippen LogP contribution in [-0.4, -0.2) is 24.8 Å². The van der Waals surface area contributed by atoms with Crippen LogP contribution in [-0.2, 0) is 4.79 Å². The van der Waals surface area contributed by atoms with E-state index in [0.717, 1.165) is 6.07 Å². The number of primary amides is 1. The van der Waals surface area contributed by atoms with Crippen LogP contribution in [0, 0.1) is 17.6 Å². The lowest BCUT2D eigenvalue weighted by molar-refractivity contribution is -0.127. The van der Waals surface area contributed by atoms with E-state index >= 15 is 0 Å². The maximum atomic E-state index is 13.3. The molecular formula is C21H22F4N2O3. The molecule has 3 N–H and O–H groups in total. The van der Waals surface area contributed by atoms with Gasteiger partial charge in [-0.05, 0) is 49.2 Å². The number of hydrogen-bond donors (Lipinski definition) is 2. The Kier molecular flexibility index (Phi) is 7.79. The predicted molar refractivity (Wildman–Crippen MR) is 103 cm³/mol. The molecule has 0 radical (unpaired) electrons. The average molecular weight is 426 g/mol. The van der Waals surface area contributed by atoms with Crippen molar-refractivity contribution in [2.24, 2.45) is 11.7 Å². The van der Waals surface area contributed by atoms with Gasteiger partial charge in [-0.15, -0.1) is 0 Å². The van der Waals surface area contributed by atoms with Gasteiger partial charge in [-0.3, -0.25) is 9.59 Å². The van der Waals surface area contributed by atoms with Crippen molar-refractivity contribution in [3.8, 4) is 5.75 Å². The number of nitrogens with two attached hydrogens (primary N) is 1. The van der Waals surface area contributed by atoms with Crippen LogP contribution in [0.5, 0.6) is 5.75 Å². The molecule has 5 nitrogen and oxygen atoms in total. The first kappa shape index (κ1) is 23.2. The first-order chi connectivity index (χ1) is 14.1. The molecular weight excluding hydrogens is 404 g/mol. The Morgan fingerprint density at radius 3 is 2.33 bits per heavy atom. The zero-order valence-electron chi connectivity index (χ0n) is 16.3. The Hall–Kier alpha value is -3.10. The molecule has 1 aliphatic carbocycles. The second-order valence-electron chi connectivity index (χ2n) is 6.84. The molecule has 2 aromatic rings. The van der Waals surface area contributed by atoms with Crippen molar-refractivity contribution in [1.29, 1.82) is 0 Å². The first-order valence-electron chi connectivity index (χ1n) is 9.19. The lowest BCUT2D eigenvalue weighted by Gasteiger charge is -2.27. The van der Waals surface area contributed by atoms with Gasteiger partial charge in [0.05, 0.1) is 7.11 Å². The van der Waals surface area contributed by atoms with Crippen molar-refractivity contribution in [1.82, 2.24) is 0 Å². The molecule has 0 unspecified atom stereocenters. The van der Waals surface area contributed by atoms with Crippen LogP contribution in [0.15, 0.2) is 42.5 Å². The quantitative estimate of drug-likeness (QED) is 0.706. The van der Waals surface area contributed by atoms with Gasteiger partial charge in [-0.2, -0.15) is 4.39 Å². The largest absolute Gasteiger partial charge is 0.494 e. The van der Waals surface area contributed by atoms with Crippen LogP contribution in [0.4, 0.5) is 23.2 Å². The Bertz CT molecular complexity index is 888. The van der Waals surface area contributed by atoms with E-state index < -0.39 is 41.7 Å². The monoisotopic (exact) mass is 426 g/mol. The number of alkyl halides is 2. The van der Waals surface area contributed by atoms with E-state index in [1.807, 2.05) is 0 Å². The molecule has 9 heteroatoms. The smallest absolute Gasteiger partial charge is 0.248 e. The molecule has 0 bridgehead atoms. The maximum Gasteiger partial charge on any atom is 0.248 e. The average Bonchev–Trinajstić information content (AvgIpc) is 2.70. The fraction of sp³-hybridized carbons (Fsp3) is 0.333. The lowest BCUT2D eigenvalue weighted by Crippen LogP contribution is -2.33. The van der Waals surface area contributed by atoms with Crippen LogP contribution in [0.1, 0.15) is 36.0 Å². The summed E-state index contributed by atoms with van der Waals surface area (Å²) in [6.45, 7) is 0. The summed E-state index contributed by atoms with van der Waals surface area (Å²) in [7, 11) is 1.29. The van der Waals surface area contributed by atoms with Crippen LogP contribution in [0.3, 0.4) is 0 Å². The topological polar surface area (TPSA) is 81.4 Å². The number of carbonyl (C=O) groups is 2. The number of nitrogens with one attached hydrogen (secondary N) is 1. The zero-order valence-corrected chi connectivity index (χ0v) is 16.3. The molecule has 1 saturated carbocycles. The second-order valence-corrected chi connectivity index (χ2v) is 6.84. The molecule has 162 valence electrons. The molecule has 0 spiro atoms. The van der Waals surface area contributed by atoms with E-state index in [9.17, 15) is 27.2 Å². The number of amides is 2. The van der Waals surface area contributed by atoms with E-state index in [1.165, 1.54) is 43.5 Å². The lowest BCUT2D eigenvalue weighted by atomic mass is 9.86. The summed E-state index contributed by atoms with van der Waals surface area (Å²) in [5.74, 6) is -6.29. The Morgan fingerprint density at radius 2 is 1.80 bits per heavy atom. The van der Waals surface area contributed by atoms with Crippen molar-refractivity contribution in [3.63, 3.8) is 0 Å². The summed E-state index contributed by atoms with van der Waals surface area (Å²) in [6, 6.07) is 9.80. The zero-order chi connectivity index (χ0) is 22.3. The van der Waals surface area contributed by atoms with Crippen LogP contribution < -0.4 is 15.8 Å². The molecule has 30 heavy (non-hydrogen) atoms. The Morgan fingerprint density at radius 1 is 1.13 bits per heavy atom. The molecule has 3 rings (SSSR count). The van der Waals surface area contributed by atoms with Gasteiger partial charge in [-0.1, -0.05) is 6.07 Å². The van der Waals surface area contributed by atoms with E-state index in [-0.39, 0.29) is 12.2 Å². The van der Waals surface area contributed by atoms with Gasteiger partial charge in [0.1, 0.15) is 0 Å². The molecule has 1 atom stereocenters. The van der Waals surface area contributed by atoms with Gasteiger partial charge in [0, 0.05) is 30.0 Å². The van der Waals surface area contributed by atoms with Crippen molar-refractivity contribution < 1.29 is 31.9 Å². The minimum atomic E-state index is -2.75. The SMILES string of the molecule is COc1cccc(F)c1F.NC(=O)c1ccc(NC(=O)[C@H]2CCCC(F)(F)C2)cc1. The van der Waals surface area contributed by atoms with Gasteiger partial charge in [0.2, 0.25) is 23.6 Å². The maximum absolute atomic E-state index is 13.3. The normalized spacial score (nSPS) is 17.3. The fourth-order valence-electron chi connectivity index (χ4n) is 3.00. The number of anilines is 1. The minimum Gasteiger partial charge on any atom is -0.494 e. The number of benzene rings is 2. The van der Waals surface area contributed by atoms with E-state index in [2.05, 4.69) is 10.1 Å². The van der Waals surface area contributed by atoms with Crippen molar-refractivity contribution in [2.45, 2.75) is 31.6 Å². The number of ether oxygens (including phenoxy) is 1. The molecule has 0 aliphatic heterocycles. The summed E-state index contributed by atoms with van der Waals surface area (Å²) >= 11 is 0. The molecule has 2 amide bonds. The summed E-state index contributed by atoms with van der Waals surface area (Å²) < 4.78 is 55.9. The van der Waals surface area contributed by atoms with Crippen molar-refractivity contribution in [2.75, 3.05) is 12.4 Å². The number of halogens is 4. The summed E-state index contributed by atoms with van der Waals surface area (Å²) in [5.41, 5.74) is 5.89. The molecule has 2 aromatic carbocycles. The van der Waals surface area contributed by atoms with E-state index in [1.54, 1.807) is 0 Å². The number of rotatable bonds is 4. The van der Waals surface area contributed by atoms with Gasteiger partial charge in [0.25, 0.3) is 0 Å². The summed E-state index contributed by atoms with van der Waals surface area (Å²) in [5, 5.41) is 2.59. The number of methoxy groups -OCH3 is 1. The highest BCUT2D eigenvalue weighted by Gasteiger charge is 2.39. The summed E-state index contributed by atoms with van der Waals surface area (Å²) in [6.07, 6.45) is 0.273. The highest BCUT2D eigenvalue weighted by atomic mass is 19.3. The molecule has 1 aliphatic rings. The summed E-state index contributed by atoms with van der Waals surface area (Å²) in [4.78, 5) is 22.8. The molecule has 0 aromatic heterocycles. The third kappa shape index (κ3) is 6.47. The van der Waals surface area contributed by atoms with Crippen LogP contribution >= 0.6 is 0 Å². The van der Waals surface area contributed by atoms with E-state index in [0.29, 0.717) is 24.1 Å². The fourth-order valence-corrected chi connectivity index (χ4v) is 3.00. The second kappa shape index (κ2) is 10.1. The van der Waals surface area contributed by atoms with E-state index in [4.69, 9.17) is 5.73 Å². The number of carbonyl (C=O) groups excluding carboxylic acids is 2. The van der Waals surface area contributed by atoms with Crippen molar-refractivity contribution >= 4 is 17.5 Å². The van der Waals surface area contributed by atoms with Crippen LogP contribution in [0.2, 0.25) is 0 Å². The first-order valence-corrected chi connectivity index (χ1v) is 9.19. The van der Waals surface area contributed by atoms with Gasteiger partial charge in [-0.25, -0.2) is 13.2 Å². The van der Waals surface area contributed by atoms with Crippen molar-refractivity contribution in [3.05, 3.63) is 59.7 Å². The standard InChI is InChI=1S/C14H16F2N2O2.C7H6F2O/c15-14(16)7-1-2-10(8-14)13(20)18-11-5-3-9(4-6-11)12(17)19;1-10-6-4-2-3-5(8)7(6)9/h3-6,10H,1-2,7-8H2,(H2,17,19)(H,18,20);2-4H,1H3/t10-;/m0./s1. The highest BCUT2D eigenvalue weighted by Crippen LogP contribution is 2.37. The van der Waals surface area contributed by atoms with Gasteiger partial charge >= 0.3 is 0 Å². The van der Waals surface area contributed by atoms with Gasteiger partial charge < -0.3 is 15.8 Å². The number of hydrogen-bond acceptors (Lipinski definition) is 3. The van der Waals surface area contributed by atoms with Crippen LogP contribution in [0.25, 0.3) is 0 Å². The highest BCUT2D eigenvalue weighted by molar-refractivity contribution is 5.95. The third-order valence-electron chi connectivity index (χ3n) is 4.58. The van der Waals surface area contributed by atoms with Gasteiger partial charge in [0.15, 0.2) is 11.6 Å².